The Morgan fingerprint density at radius 2 is 2.25 bits per heavy atom. The molecular weight excluding hydrogens is 224 g/mol. The molecule has 0 spiro atoms. The fourth-order valence-corrected chi connectivity index (χ4v) is 2.05. The van der Waals surface area contributed by atoms with Crippen molar-refractivity contribution in [1.82, 2.24) is 10.6 Å². The number of piperidine rings is 1. The van der Waals surface area contributed by atoms with Crippen LogP contribution in [0.2, 0.25) is 0 Å². The number of hydrogen-bond donors (Lipinski definition) is 2. The monoisotopic (exact) mass is 246 g/mol. The molecule has 4 nitrogen and oxygen atoms in total. The maximum Gasteiger partial charge on any atom is 0.224 e. The van der Waals surface area contributed by atoms with Gasteiger partial charge in [-0.1, -0.05) is 0 Å². The number of carbonyl (C=O) groups excluding carboxylic acids is 1. The van der Waals surface area contributed by atoms with Gasteiger partial charge in [-0.25, -0.2) is 0 Å². The molecule has 0 bridgehead atoms. The van der Waals surface area contributed by atoms with E-state index < -0.39 is 10.8 Å². The van der Waals surface area contributed by atoms with E-state index in [0.29, 0.717) is 12.6 Å². The number of amides is 1. The molecule has 2 N–H and O–H groups in total. The second-order valence-electron chi connectivity index (χ2n) is 4.64. The molecule has 1 rings (SSSR count). The van der Waals surface area contributed by atoms with Gasteiger partial charge in [0.25, 0.3) is 0 Å². The van der Waals surface area contributed by atoms with Gasteiger partial charge in [0.05, 0.1) is 5.92 Å². The van der Waals surface area contributed by atoms with Crippen molar-refractivity contribution < 1.29 is 9.00 Å². The lowest BCUT2D eigenvalue weighted by molar-refractivity contribution is -0.125. The van der Waals surface area contributed by atoms with E-state index >= 15 is 0 Å². The Morgan fingerprint density at radius 1 is 1.56 bits per heavy atom. The first kappa shape index (κ1) is 13.6. The van der Waals surface area contributed by atoms with Crippen molar-refractivity contribution in [2.45, 2.75) is 38.0 Å². The average molecular weight is 246 g/mol. The van der Waals surface area contributed by atoms with Crippen molar-refractivity contribution in [1.29, 1.82) is 0 Å². The summed E-state index contributed by atoms with van der Waals surface area (Å²) in [5.41, 5.74) is 0. The van der Waals surface area contributed by atoms with E-state index in [2.05, 4.69) is 17.6 Å². The van der Waals surface area contributed by atoms with Crippen LogP contribution in [0.15, 0.2) is 0 Å². The quantitative estimate of drug-likeness (QED) is 0.748. The van der Waals surface area contributed by atoms with Crippen LogP contribution in [0.5, 0.6) is 0 Å². The molecule has 5 heteroatoms. The first-order valence-electron chi connectivity index (χ1n) is 5.84. The van der Waals surface area contributed by atoms with Gasteiger partial charge in [-0.15, -0.1) is 0 Å². The Kier molecular flexibility index (Phi) is 5.41. The number of carbonyl (C=O) groups is 1. The zero-order chi connectivity index (χ0) is 12.1. The van der Waals surface area contributed by atoms with Crippen molar-refractivity contribution in [2.24, 2.45) is 5.92 Å². The number of rotatable bonds is 4. The molecule has 1 fully saturated rings. The maximum atomic E-state index is 11.8. The van der Waals surface area contributed by atoms with Crippen molar-refractivity contribution in [3.05, 3.63) is 0 Å². The molecule has 1 aliphatic heterocycles. The predicted molar refractivity (Wildman–Crippen MR) is 66.7 cm³/mol. The summed E-state index contributed by atoms with van der Waals surface area (Å²) >= 11 is 0. The molecule has 0 saturated carbocycles. The summed E-state index contributed by atoms with van der Waals surface area (Å²) in [6.45, 7) is 5.29. The third-order valence-electron chi connectivity index (χ3n) is 3.16. The average Bonchev–Trinajstić information content (AvgIpc) is 2.26. The highest BCUT2D eigenvalue weighted by atomic mass is 32.2. The lowest BCUT2D eigenvalue weighted by atomic mass is 9.95. The van der Waals surface area contributed by atoms with Crippen LogP contribution in [-0.4, -0.2) is 40.8 Å². The molecule has 1 amide bonds. The van der Waals surface area contributed by atoms with E-state index in [1.807, 2.05) is 6.92 Å². The highest BCUT2D eigenvalue weighted by Crippen LogP contribution is 2.13. The molecule has 4 atom stereocenters. The zero-order valence-corrected chi connectivity index (χ0v) is 11.1. The van der Waals surface area contributed by atoms with Crippen LogP contribution in [0.3, 0.4) is 0 Å². The van der Waals surface area contributed by atoms with Gasteiger partial charge in [-0.2, -0.15) is 0 Å². The van der Waals surface area contributed by atoms with Gasteiger partial charge in [0.2, 0.25) is 5.91 Å². The number of nitrogens with one attached hydrogen (secondary N) is 2. The number of hydrogen-bond acceptors (Lipinski definition) is 3. The second kappa shape index (κ2) is 6.35. The second-order valence-corrected chi connectivity index (χ2v) is 6.44. The van der Waals surface area contributed by atoms with Crippen molar-refractivity contribution >= 4 is 16.7 Å². The standard InChI is InChI=1S/C11H22N2O2S/c1-8-4-5-10(7-12-8)11(14)13-6-9(2)16(3)15/h8-10,12H,4-7H2,1-3H3,(H,13,14). The molecular formula is C11H22N2O2S. The van der Waals surface area contributed by atoms with Gasteiger partial charge in [0.15, 0.2) is 0 Å². The lowest BCUT2D eigenvalue weighted by Gasteiger charge is -2.27. The van der Waals surface area contributed by atoms with Gasteiger partial charge in [0, 0.05) is 41.4 Å². The van der Waals surface area contributed by atoms with Crippen LogP contribution in [0.4, 0.5) is 0 Å². The molecule has 4 unspecified atom stereocenters. The minimum Gasteiger partial charge on any atom is -0.355 e. The third kappa shape index (κ3) is 4.22. The zero-order valence-electron chi connectivity index (χ0n) is 10.3. The highest BCUT2D eigenvalue weighted by Gasteiger charge is 2.23. The summed E-state index contributed by atoms with van der Waals surface area (Å²) in [4.78, 5) is 11.8. The summed E-state index contributed by atoms with van der Waals surface area (Å²) in [5.74, 6) is 0.172. The van der Waals surface area contributed by atoms with E-state index in [1.165, 1.54) is 0 Å². The maximum absolute atomic E-state index is 11.8. The first-order valence-corrected chi connectivity index (χ1v) is 7.46. The molecule has 1 aliphatic rings. The molecule has 0 aromatic carbocycles. The Balaban J connectivity index is 2.27. The Morgan fingerprint density at radius 3 is 2.75 bits per heavy atom. The van der Waals surface area contributed by atoms with Gasteiger partial charge >= 0.3 is 0 Å². The smallest absolute Gasteiger partial charge is 0.224 e. The van der Waals surface area contributed by atoms with Gasteiger partial charge in [-0.05, 0) is 26.7 Å². The largest absolute Gasteiger partial charge is 0.355 e. The summed E-state index contributed by atoms with van der Waals surface area (Å²) in [7, 11) is -0.868. The Bertz CT molecular complexity index is 263. The molecule has 0 aromatic rings. The van der Waals surface area contributed by atoms with Crippen LogP contribution in [0, 0.1) is 5.92 Å². The van der Waals surface area contributed by atoms with Crippen molar-refractivity contribution in [3.8, 4) is 0 Å². The fourth-order valence-electron chi connectivity index (χ4n) is 1.73. The first-order chi connectivity index (χ1) is 7.50. The lowest BCUT2D eigenvalue weighted by Crippen LogP contribution is -2.45. The van der Waals surface area contributed by atoms with Crippen LogP contribution in [-0.2, 0) is 15.6 Å². The normalized spacial score (nSPS) is 29.4. The van der Waals surface area contributed by atoms with Crippen LogP contribution < -0.4 is 10.6 Å². The molecule has 0 aromatic heterocycles. The van der Waals surface area contributed by atoms with E-state index in [1.54, 1.807) is 6.26 Å². The van der Waals surface area contributed by atoms with Gasteiger partial charge in [0.1, 0.15) is 0 Å². The molecule has 1 heterocycles. The fraction of sp³-hybridized carbons (Fsp3) is 0.909. The SMILES string of the molecule is CC1CCC(C(=O)NCC(C)S(C)=O)CN1. The van der Waals surface area contributed by atoms with Gasteiger partial charge < -0.3 is 10.6 Å². The third-order valence-corrected chi connectivity index (χ3v) is 4.46. The molecule has 16 heavy (non-hydrogen) atoms. The van der Waals surface area contributed by atoms with E-state index in [4.69, 9.17) is 0 Å². The Labute approximate surface area is 100 Å². The summed E-state index contributed by atoms with van der Waals surface area (Å²) in [6, 6.07) is 0.520. The molecule has 0 aliphatic carbocycles. The van der Waals surface area contributed by atoms with Crippen LogP contribution >= 0.6 is 0 Å². The van der Waals surface area contributed by atoms with Gasteiger partial charge in [-0.3, -0.25) is 9.00 Å². The molecule has 94 valence electrons. The molecule has 0 radical (unpaired) electrons. The van der Waals surface area contributed by atoms with Crippen molar-refractivity contribution in [2.75, 3.05) is 19.3 Å². The Hall–Kier alpha value is -0.420. The van der Waals surface area contributed by atoms with E-state index in [0.717, 1.165) is 19.4 Å². The minimum absolute atomic E-state index is 0.0272. The molecule has 1 saturated heterocycles. The van der Waals surface area contributed by atoms with Crippen molar-refractivity contribution in [3.63, 3.8) is 0 Å². The van der Waals surface area contributed by atoms with Crippen LogP contribution in [0.25, 0.3) is 0 Å². The highest BCUT2D eigenvalue weighted by molar-refractivity contribution is 7.84. The van der Waals surface area contributed by atoms with E-state index in [9.17, 15) is 9.00 Å². The predicted octanol–water partition coefficient (Wildman–Crippen LogP) is 0.258. The summed E-state index contributed by atoms with van der Waals surface area (Å²) in [6.07, 6.45) is 3.66. The van der Waals surface area contributed by atoms with E-state index in [-0.39, 0.29) is 17.1 Å². The minimum atomic E-state index is -0.868. The van der Waals surface area contributed by atoms with Crippen LogP contribution in [0.1, 0.15) is 26.7 Å². The topological polar surface area (TPSA) is 58.2 Å². The summed E-state index contributed by atoms with van der Waals surface area (Å²) in [5, 5.41) is 6.21. The summed E-state index contributed by atoms with van der Waals surface area (Å²) < 4.78 is 11.1.